The average molecular weight is 467 g/mol. The molecular formula is C30H42O4. The fourth-order valence-electron chi connectivity index (χ4n) is 8.63. The molecule has 4 nitrogen and oxygen atoms in total. The molecule has 0 heterocycles. The monoisotopic (exact) mass is 466 g/mol. The van der Waals surface area contributed by atoms with Crippen molar-refractivity contribution in [2.75, 3.05) is 0 Å². The molecule has 2 aromatic carbocycles. The lowest BCUT2D eigenvalue weighted by atomic mass is 9.57. The van der Waals surface area contributed by atoms with Gasteiger partial charge in [0.05, 0.1) is 0 Å². The highest BCUT2D eigenvalue weighted by atomic mass is 16.3. The first kappa shape index (κ1) is 24.8. The normalized spacial score (nSPS) is 30.0. The Morgan fingerprint density at radius 3 is 1.85 bits per heavy atom. The summed E-state index contributed by atoms with van der Waals surface area (Å²) in [6, 6.07) is 7.17. The molecule has 4 N–H and O–H groups in total. The number of phenolic OH excluding ortho intramolecular Hbond substituents is 4. The molecule has 4 rings (SSSR count). The Kier molecular flexibility index (Phi) is 5.70. The van der Waals surface area contributed by atoms with Crippen LogP contribution in [-0.4, -0.2) is 20.4 Å². The topological polar surface area (TPSA) is 80.9 Å². The van der Waals surface area contributed by atoms with Gasteiger partial charge in [-0.25, -0.2) is 0 Å². The Labute approximate surface area is 204 Å². The van der Waals surface area contributed by atoms with Crippen molar-refractivity contribution in [1.29, 1.82) is 0 Å². The largest absolute Gasteiger partial charge is 0.504 e. The second kappa shape index (κ2) is 7.83. The molecule has 2 aromatic rings. The van der Waals surface area contributed by atoms with Gasteiger partial charge in [0, 0.05) is 16.4 Å². The van der Waals surface area contributed by atoms with Crippen LogP contribution in [0.4, 0.5) is 0 Å². The average Bonchev–Trinajstić information content (AvgIpc) is 3.04. The van der Waals surface area contributed by atoms with Crippen LogP contribution in [-0.2, 0) is 16.2 Å². The van der Waals surface area contributed by atoms with Crippen LogP contribution in [0.15, 0.2) is 24.3 Å². The molecule has 0 amide bonds. The lowest BCUT2D eigenvalue weighted by Gasteiger charge is -2.45. The molecule has 4 atom stereocenters. The number of hydrogen-bond donors (Lipinski definition) is 4. The molecule has 2 aliphatic carbocycles. The zero-order chi connectivity index (χ0) is 25.4. The highest BCUT2D eigenvalue weighted by molar-refractivity contribution is 5.68. The molecule has 4 heteroatoms. The predicted molar refractivity (Wildman–Crippen MR) is 137 cm³/mol. The van der Waals surface area contributed by atoms with Gasteiger partial charge >= 0.3 is 0 Å². The molecule has 34 heavy (non-hydrogen) atoms. The molecule has 2 aliphatic rings. The Morgan fingerprint density at radius 2 is 1.32 bits per heavy atom. The highest BCUT2D eigenvalue weighted by Crippen LogP contribution is 2.71. The summed E-state index contributed by atoms with van der Waals surface area (Å²) in [5.74, 6) is 1.00. The number of aromatic hydroxyl groups is 4. The SMILES string of the molecule is CC(C)CC1(C)CC2(c3cc(O)c(O)cc31)c1ccc(O)c(O)c1C(C)(CC(C)C)C2C(C)C. The summed E-state index contributed by atoms with van der Waals surface area (Å²) >= 11 is 0. The fourth-order valence-corrected chi connectivity index (χ4v) is 8.63. The van der Waals surface area contributed by atoms with Crippen molar-refractivity contribution in [1.82, 2.24) is 0 Å². The van der Waals surface area contributed by atoms with E-state index in [2.05, 4.69) is 55.4 Å². The van der Waals surface area contributed by atoms with Crippen LogP contribution in [0.3, 0.4) is 0 Å². The molecule has 0 saturated heterocycles. The number of rotatable bonds is 5. The van der Waals surface area contributed by atoms with E-state index < -0.39 is 5.41 Å². The number of benzene rings is 2. The van der Waals surface area contributed by atoms with Crippen molar-refractivity contribution in [3.05, 3.63) is 46.5 Å². The Balaban J connectivity index is 2.15. The summed E-state index contributed by atoms with van der Waals surface area (Å²) < 4.78 is 0. The van der Waals surface area contributed by atoms with Gasteiger partial charge in [-0.3, -0.25) is 0 Å². The van der Waals surface area contributed by atoms with Gasteiger partial charge in [0.25, 0.3) is 0 Å². The van der Waals surface area contributed by atoms with Crippen LogP contribution in [0.5, 0.6) is 23.0 Å². The second-order valence-electron chi connectivity index (χ2n) is 12.8. The molecule has 0 fully saturated rings. The molecule has 0 saturated carbocycles. The first-order valence-electron chi connectivity index (χ1n) is 12.8. The molecule has 0 bridgehead atoms. The fraction of sp³-hybridized carbons (Fsp3) is 0.600. The van der Waals surface area contributed by atoms with Crippen LogP contribution in [0, 0.1) is 23.7 Å². The first-order valence-corrected chi connectivity index (χ1v) is 12.8. The molecule has 4 unspecified atom stereocenters. The third-order valence-electron chi connectivity index (χ3n) is 8.70. The van der Waals surface area contributed by atoms with Crippen LogP contribution < -0.4 is 0 Å². The molecule has 1 spiro atoms. The minimum atomic E-state index is -0.442. The lowest BCUT2D eigenvalue weighted by Crippen LogP contribution is -2.44. The third-order valence-corrected chi connectivity index (χ3v) is 8.70. The Bertz CT molecular complexity index is 1110. The van der Waals surface area contributed by atoms with Gasteiger partial charge in [-0.15, -0.1) is 0 Å². The third kappa shape index (κ3) is 3.24. The van der Waals surface area contributed by atoms with Gasteiger partial charge in [-0.05, 0) is 83.2 Å². The van der Waals surface area contributed by atoms with Crippen LogP contribution in [0.1, 0.15) is 96.9 Å². The lowest BCUT2D eigenvalue weighted by molar-refractivity contribution is 0.126. The summed E-state index contributed by atoms with van der Waals surface area (Å²) in [6.07, 6.45) is 2.67. The minimum Gasteiger partial charge on any atom is -0.504 e. The smallest absolute Gasteiger partial charge is 0.161 e. The van der Waals surface area contributed by atoms with Gasteiger partial charge in [0.2, 0.25) is 0 Å². The van der Waals surface area contributed by atoms with Crippen LogP contribution in [0.25, 0.3) is 0 Å². The van der Waals surface area contributed by atoms with E-state index >= 15 is 0 Å². The number of fused-ring (bicyclic) bond motifs is 4. The molecule has 0 radical (unpaired) electrons. The van der Waals surface area contributed by atoms with E-state index in [9.17, 15) is 20.4 Å². The highest BCUT2D eigenvalue weighted by Gasteiger charge is 2.65. The van der Waals surface area contributed by atoms with Gasteiger partial charge in [-0.2, -0.15) is 0 Å². The molecule has 186 valence electrons. The summed E-state index contributed by atoms with van der Waals surface area (Å²) in [4.78, 5) is 0. The van der Waals surface area contributed by atoms with Crippen molar-refractivity contribution in [2.24, 2.45) is 23.7 Å². The van der Waals surface area contributed by atoms with E-state index in [0.717, 1.165) is 41.5 Å². The van der Waals surface area contributed by atoms with Crippen molar-refractivity contribution >= 4 is 0 Å². The van der Waals surface area contributed by atoms with Crippen LogP contribution in [0.2, 0.25) is 0 Å². The van der Waals surface area contributed by atoms with E-state index in [4.69, 9.17) is 0 Å². The van der Waals surface area contributed by atoms with Crippen molar-refractivity contribution in [2.45, 2.75) is 90.9 Å². The maximum absolute atomic E-state index is 11.3. The summed E-state index contributed by atoms with van der Waals surface area (Å²) in [5.41, 5.74) is 3.06. The zero-order valence-electron chi connectivity index (χ0n) is 22.0. The first-order chi connectivity index (χ1) is 15.7. The predicted octanol–water partition coefficient (Wildman–Crippen LogP) is 7.09. The number of phenols is 4. The van der Waals surface area contributed by atoms with Gasteiger partial charge in [-0.1, -0.05) is 61.5 Å². The maximum Gasteiger partial charge on any atom is 0.161 e. The van der Waals surface area contributed by atoms with Gasteiger partial charge in [0.15, 0.2) is 23.0 Å². The second-order valence-corrected chi connectivity index (χ2v) is 12.8. The Hall–Kier alpha value is -2.36. The van der Waals surface area contributed by atoms with Crippen molar-refractivity contribution in [3.63, 3.8) is 0 Å². The van der Waals surface area contributed by atoms with E-state index in [1.165, 1.54) is 0 Å². The molecular weight excluding hydrogens is 424 g/mol. The van der Waals surface area contributed by atoms with E-state index in [1.807, 2.05) is 6.07 Å². The minimum absolute atomic E-state index is 0.00909. The molecule has 0 aromatic heterocycles. The Morgan fingerprint density at radius 1 is 0.765 bits per heavy atom. The number of hydrogen-bond acceptors (Lipinski definition) is 4. The van der Waals surface area contributed by atoms with Crippen LogP contribution >= 0.6 is 0 Å². The van der Waals surface area contributed by atoms with E-state index in [0.29, 0.717) is 11.8 Å². The van der Waals surface area contributed by atoms with Gasteiger partial charge in [0.1, 0.15) is 0 Å². The van der Waals surface area contributed by atoms with E-state index in [1.54, 1.807) is 18.2 Å². The summed E-state index contributed by atoms with van der Waals surface area (Å²) in [6.45, 7) is 17.9. The van der Waals surface area contributed by atoms with Crippen molar-refractivity contribution < 1.29 is 20.4 Å². The maximum atomic E-state index is 11.3. The van der Waals surface area contributed by atoms with E-state index in [-0.39, 0.29) is 45.7 Å². The summed E-state index contributed by atoms with van der Waals surface area (Å²) in [5, 5.41) is 43.1. The van der Waals surface area contributed by atoms with Gasteiger partial charge < -0.3 is 20.4 Å². The van der Waals surface area contributed by atoms with Crippen molar-refractivity contribution in [3.8, 4) is 23.0 Å². The molecule has 0 aliphatic heterocycles. The zero-order valence-corrected chi connectivity index (χ0v) is 22.0. The quantitative estimate of drug-likeness (QED) is 0.355. The standard InChI is InChI=1S/C30H42O4/c1-16(2)13-28(7)15-30(21-12-24(33)23(32)11-20(21)28)19-9-10-22(31)26(34)25(19)29(8,14-17(3)4)27(30)18(5)6/h9-12,16-18,27,31-34H,13-15H2,1-8H3. The summed E-state index contributed by atoms with van der Waals surface area (Å²) in [7, 11) is 0.